The van der Waals surface area contributed by atoms with Crippen molar-refractivity contribution in [3.05, 3.63) is 40.5 Å². The Hall–Kier alpha value is -2.68. The standard InChI is InChI=1S/C12H14N4O4S/c1-3-4-13-12(21)15-14-7-8-5-9(16(18)19)11(17)10(6-8)20-2/h3,5-7,17H,1,4H2,2H3,(H2,13,15,21)/p-1/b14-7+. The molecule has 112 valence electrons. The van der Waals surface area contributed by atoms with Gasteiger partial charge in [0.25, 0.3) is 5.69 Å². The van der Waals surface area contributed by atoms with E-state index in [1.165, 1.54) is 19.4 Å². The molecule has 0 radical (unpaired) electrons. The van der Waals surface area contributed by atoms with Crippen molar-refractivity contribution in [3.8, 4) is 11.5 Å². The maximum Gasteiger partial charge on any atom is 0.266 e. The van der Waals surface area contributed by atoms with E-state index in [-0.39, 0.29) is 10.9 Å². The van der Waals surface area contributed by atoms with Gasteiger partial charge in [0.15, 0.2) is 5.11 Å². The fraction of sp³-hybridized carbons (Fsp3) is 0.167. The Kier molecular flexibility index (Phi) is 6.08. The van der Waals surface area contributed by atoms with Crippen molar-refractivity contribution >= 4 is 29.2 Å². The van der Waals surface area contributed by atoms with Gasteiger partial charge >= 0.3 is 0 Å². The Morgan fingerprint density at radius 1 is 1.62 bits per heavy atom. The predicted octanol–water partition coefficient (Wildman–Crippen LogP) is 0.661. The van der Waals surface area contributed by atoms with E-state index in [9.17, 15) is 15.2 Å². The summed E-state index contributed by atoms with van der Waals surface area (Å²) in [4.78, 5) is 10.0. The summed E-state index contributed by atoms with van der Waals surface area (Å²) in [7, 11) is 1.26. The summed E-state index contributed by atoms with van der Waals surface area (Å²) in [6, 6.07) is 2.46. The molecule has 0 saturated heterocycles. The van der Waals surface area contributed by atoms with Gasteiger partial charge in [-0.15, -0.1) is 6.58 Å². The number of hydrazone groups is 1. The van der Waals surface area contributed by atoms with Crippen LogP contribution in [0.5, 0.6) is 11.5 Å². The Balaban J connectivity index is 2.88. The van der Waals surface area contributed by atoms with Gasteiger partial charge < -0.3 is 15.2 Å². The third-order valence-electron chi connectivity index (χ3n) is 2.26. The van der Waals surface area contributed by atoms with Crippen LogP contribution in [0.3, 0.4) is 0 Å². The summed E-state index contributed by atoms with van der Waals surface area (Å²) in [5, 5.41) is 29.3. The normalized spacial score (nSPS) is 10.1. The van der Waals surface area contributed by atoms with E-state index in [1.807, 2.05) is 0 Å². The molecule has 0 spiro atoms. The summed E-state index contributed by atoms with van der Waals surface area (Å²) in [5.74, 6) is -0.909. The van der Waals surface area contributed by atoms with E-state index in [0.717, 1.165) is 6.07 Å². The van der Waals surface area contributed by atoms with Crippen molar-refractivity contribution in [1.82, 2.24) is 10.7 Å². The van der Waals surface area contributed by atoms with Gasteiger partial charge in [0, 0.05) is 23.9 Å². The highest BCUT2D eigenvalue weighted by molar-refractivity contribution is 7.80. The molecule has 0 amide bonds. The third kappa shape index (κ3) is 4.73. The lowest BCUT2D eigenvalue weighted by Crippen LogP contribution is -2.31. The van der Waals surface area contributed by atoms with E-state index in [4.69, 9.17) is 17.0 Å². The van der Waals surface area contributed by atoms with Crippen LogP contribution >= 0.6 is 12.2 Å². The fourth-order valence-corrected chi connectivity index (χ4v) is 1.48. The molecular formula is C12H13N4O4S-. The second-order valence-corrected chi connectivity index (χ2v) is 4.11. The van der Waals surface area contributed by atoms with E-state index in [0.29, 0.717) is 12.1 Å². The highest BCUT2D eigenvalue weighted by Crippen LogP contribution is 2.33. The molecule has 0 atom stereocenters. The van der Waals surface area contributed by atoms with Crippen molar-refractivity contribution in [2.45, 2.75) is 0 Å². The number of ether oxygens (including phenoxy) is 1. The second-order valence-electron chi connectivity index (χ2n) is 3.70. The van der Waals surface area contributed by atoms with Crippen LogP contribution in [0.2, 0.25) is 0 Å². The third-order valence-corrected chi connectivity index (χ3v) is 2.50. The average molecular weight is 309 g/mol. The number of nitrogens with zero attached hydrogens (tertiary/aromatic N) is 2. The largest absolute Gasteiger partial charge is 0.865 e. The monoisotopic (exact) mass is 309 g/mol. The zero-order valence-corrected chi connectivity index (χ0v) is 12.0. The maximum atomic E-state index is 11.6. The quantitative estimate of drug-likeness (QED) is 0.261. The van der Waals surface area contributed by atoms with E-state index in [1.54, 1.807) is 6.08 Å². The number of nitro benzene ring substituents is 1. The number of thiocarbonyl (C=S) groups is 1. The minimum Gasteiger partial charge on any atom is -0.865 e. The number of methoxy groups -OCH3 is 1. The number of benzene rings is 1. The Morgan fingerprint density at radius 2 is 2.33 bits per heavy atom. The topological polar surface area (TPSA) is 112 Å². The van der Waals surface area contributed by atoms with Crippen molar-refractivity contribution in [1.29, 1.82) is 0 Å². The molecule has 0 aliphatic carbocycles. The van der Waals surface area contributed by atoms with E-state index < -0.39 is 16.4 Å². The molecule has 2 N–H and O–H groups in total. The van der Waals surface area contributed by atoms with Crippen molar-refractivity contribution in [3.63, 3.8) is 0 Å². The molecule has 0 aliphatic heterocycles. The van der Waals surface area contributed by atoms with Crippen molar-refractivity contribution in [2.75, 3.05) is 13.7 Å². The highest BCUT2D eigenvalue weighted by atomic mass is 32.1. The Morgan fingerprint density at radius 3 is 2.90 bits per heavy atom. The first-order valence-corrected chi connectivity index (χ1v) is 6.11. The number of nitro groups is 1. The zero-order chi connectivity index (χ0) is 15.8. The predicted molar refractivity (Wildman–Crippen MR) is 80.6 cm³/mol. The lowest BCUT2D eigenvalue weighted by molar-refractivity contribution is -0.398. The molecule has 0 aliphatic rings. The number of nitrogens with one attached hydrogen (secondary N) is 2. The molecule has 1 aromatic rings. The van der Waals surface area contributed by atoms with E-state index >= 15 is 0 Å². The van der Waals surface area contributed by atoms with Gasteiger partial charge in [-0.25, -0.2) is 0 Å². The van der Waals surface area contributed by atoms with Crippen molar-refractivity contribution in [2.24, 2.45) is 5.10 Å². The molecule has 0 heterocycles. The van der Waals surface area contributed by atoms with Gasteiger partial charge in [-0.05, 0) is 18.3 Å². The van der Waals surface area contributed by atoms with Crippen LogP contribution in [0.1, 0.15) is 5.56 Å². The summed E-state index contributed by atoms with van der Waals surface area (Å²) in [5.41, 5.74) is 2.27. The first kappa shape index (κ1) is 16.4. The molecule has 1 aromatic carbocycles. The van der Waals surface area contributed by atoms with Crippen LogP contribution < -0.4 is 20.6 Å². The van der Waals surface area contributed by atoms with Gasteiger partial charge in [0.1, 0.15) is 5.75 Å². The first-order chi connectivity index (χ1) is 9.99. The van der Waals surface area contributed by atoms with Crippen LogP contribution in [0.25, 0.3) is 0 Å². The van der Waals surface area contributed by atoms with Crippen LogP contribution in [0.15, 0.2) is 29.9 Å². The summed E-state index contributed by atoms with van der Waals surface area (Å²) < 4.78 is 4.81. The van der Waals surface area contributed by atoms with Gasteiger partial charge in [0.05, 0.1) is 18.2 Å². The van der Waals surface area contributed by atoms with Crippen LogP contribution in [-0.2, 0) is 0 Å². The molecular weight excluding hydrogens is 296 g/mol. The molecule has 1 rings (SSSR count). The molecule has 0 unspecified atom stereocenters. The lowest BCUT2D eigenvalue weighted by Gasteiger charge is -2.13. The maximum absolute atomic E-state index is 11.6. The zero-order valence-electron chi connectivity index (χ0n) is 11.2. The van der Waals surface area contributed by atoms with E-state index in [2.05, 4.69) is 22.4 Å². The SMILES string of the molecule is C=CCNC(=S)N/N=C/c1cc(OC)c([O-])c([N+](=O)[O-])c1. The lowest BCUT2D eigenvalue weighted by atomic mass is 10.2. The highest BCUT2D eigenvalue weighted by Gasteiger charge is 2.12. The van der Waals surface area contributed by atoms with Gasteiger partial charge in [-0.2, -0.15) is 5.10 Å². The Labute approximate surface area is 126 Å². The summed E-state index contributed by atoms with van der Waals surface area (Å²) in [6.45, 7) is 4.00. The summed E-state index contributed by atoms with van der Waals surface area (Å²) in [6.07, 6.45) is 2.91. The molecule has 0 fully saturated rings. The van der Waals surface area contributed by atoms with Crippen LogP contribution in [0.4, 0.5) is 5.69 Å². The number of rotatable bonds is 6. The molecule has 0 bridgehead atoms. The molecule has 21 heavy (non-hydrogen) atoms. The van der Waals surface area contributed by atoms with Gasteiger partial charge in [-0.1, -0.05) is 6.08 Å². The second kappa shape index (κ2) is 7.80. The summed E-state index contributed by atoms with van der Waals surface area (Å²) >= 11 is 4.90. The van der Waals surface area contributed by atoms with Crippen LogP contribution in [0, 0.1) is 10.1 Å². The van der Waals surface area contributed by atoms with Crippen LogP contribution in [-0.4, -0.2) is 29.9 Å². The smallest absolute Gasteiger partial charge is 0.266 e. The first-order valence-electron chi connectivity index (χ1n) is 5.70. The Bertz CT molecular complexity index is 589. The average Bonchev–Trinajstić information content (AvgIpc) is 2.46. The molecule has 9 heteroatoms. The molecule has 0 saturated carbocycles. The number of hydrogen-bond donors (Lipinski definition) is 2. The number of hydrogen-bond acceptors (Lipinski definition) is 6. The minimum atomic E-state index is -0.782. The van der Waals surface area contributed by atoms with Gasteiger partial charge in [-0.3, -0.25) is 15.5 Å². The molecule has 0 aromatic heterocycles. The molecule has 8 nitrogen and oxygen atoms in total. The van der Waals surface area contributed by atoms with Gasteiger partial charge in [0.2, 0.25) is 0 Å². The fourth-order valence-electron chi connectivity index (χ4n) is 1.34. The minimum absolute atomic E-state index is 0.127. The van der Waals surface area contributed by atoms with Crippen molar-refractivity contribution < 1.29 is 14.8 Å².